The van der Waals surface area contributed by atoms with E-state index >= 15 is 0 Å². The molecule has 1 aliphatic rings. The zero-order valence-electron chi connectivity index (χ0n) is 11.4. The number of benzene rings is 1. The van der Waals surface area contributed by atoms with E-state index in [1.54, 1.807) is 12.1 Å². The molecule has 0 bridgehead atoms. The minimum absolute atomic E-state index is 0.0515. The van der Waals surface area contributed by atoms with Crippen molar-refractivity contribution in [2.24, 2.45) is 0 Å². The van der Waals surface area contributed by atoms with E-state index in [1.165, 1.54) is 0 Å². The molecule has 1 N–H and O–H groups in total. The summed E-state index contributed by atoms with van der Waals surface area (Å²) in [6.07, 6.45) is 3.28. The number of rotatable bonds is 6. The first kappa shape index (κ1) is 13.9. The van der Waals surface area contributed by atoms with Crippen LogP contribution in [0.1, 0.15) is 36.5 Å². The standard InChI is InChI=1S/C15H21NO3/c1-2-8-16-15(17)12-5-3-6-13(10-12)19-11-14-7-4-9-18-14/h3,5-6,10,14H,2,4,7-9,11H2,1H3,(H,16,17). The van der Waals surface area contributed by atoms with Crippen molar-refractivity contribution in [3.05, 3.63) is 29.8 Å². The third-order valence-corrected chi connectivity index (χ3v) is 3.09. The lowest BCUT2D eigenvalue weighted by molar-refractivity contribution is 0.0679. The van der Waals surface area contributed by atoms with Gasteiger partial charge >= 0.3 is 0 Å². The number of hydrogen-bond acceptors (Lipinski definition) is 3. The number of amides is 1. The van der Waals surface area contributed by atoms with Gasteiger partial charge in [-0.25, -0.2) is 0 Å². The zero-order valence-corrected chi connectivity index (χ0v) is 11.4. The smallest absolute Gasteiger partial charge is 0.251 e. The maximum atomic E-state index is 11.8. The predicted molar refractivity (Wildman–Crippen MR) is 73.5 cm³/mol. The van der Waals surface area contributed by atoms with Gasteiger partial charge in [-0.3, -0.25) is 4.79 Å². The molecule has 4 nitrogen and oxygen atoms in total. The van der Waals surface area contributed by atoms with E-state index in [2.05, 4.69) is 5.32 Å². The van der Waals surface area contributed by atoms with E-state index < -0.39 is 0 Å². The fourth-order valence-electron chi connectivity index (χ4n) is 2.03. The molecule has 1 aliphatic heterocycles. The maximum absolute atomic E-state index is 11.8. The topological polar surface area (TPSA) is 47.6 Å². The zero-order chi connectivity index (χ0) is 13.5. The van der Waals surface area contributed by atoms with Gasteiger partial charge in [0.05, 0.1) is 6.10 Å². The van der Waals surface area contributed by atoms with Gasteiger partial charge in [0.25, 0.3) is 5.91 Å². The third-order valence-electron chi connectivity index (χ3n) is 3.09. The van der Waals surface area contributed by atoms with Gasteiger partial charge in [-0.1, -0.05) is 13.0 Å². The van der Waals surface area contributed by atoms with Crippen LogP contribution in [0, 0.1) is 0 Å². The molecule has 1 aromatic carbocycles. The molecule has 0 saturated carbocycles. The number of hydrogen-bond donors (Lipinski definition) is 1. The Morgan fingerprint density at radius 2 is 2.42 bits per heavy atom. The third kappa shape index (κ3) is 4.24. The lowest BCUT2D eigenvalue weighted by Gasteiger charge is -2.12. The van der Waals surface area contributed by atoms with E-state index in [4.69, 9.17) is 9.47 Å². The first-order valence-corrected chi connectivity index (χ1v) is 6.92. The highest BCUT2D eigenvalue weighted by atomic mass is 16.5. The van der Waals surface area contributed by atoms with Crippen LogP contribution in [0.5, 0.6) is 5.75 Å². The van der Waals surface area contributed by atoms with Crippen molar-refractivity contribution in [1.29, 1.82) is 0 Å². The molecule has 1 saturated heterocycles. The molecule has 0 aromatic heterocycles. The fraction of sp³-hybridized carbons (Fsp3) is 0.533. The molecular weight excluding hydrogens is 242 g/mol. The first-order valence-electron chi connectivity index (χ1n) is 6.92. The van der Waals surface area contributed by atoms with Gasteiger partial charge in [-0.05, 0) is 37.5 Å². The highest BCUT2D eigenvalue weighted by molar-refractivity contribution is 5.94. The van der Waals surface area contributed by atoms with Crippen molar-refractivity contribution in [3.8, 4) is 5.75 Å². The highest BCUT2D eigenvalue weighted by Crippen LogP contribution is 2.17. The van der Waals surface area contributed by atoms with Crippen molar-refractivity contribution in [1.82, 2.24) is 5.32 Å². The van der Waals surface area contributed by atoms with Gasteiger partial charge in [0, 0.05) is 18.7 Å². The van der Waals surface area contributed by atoms with E-state index in [1.807, 2.05) is 19.1 Å². The Kier molecular flexibility index (Phi) is 5.21. The second-order valence-electron chi connectivity index (χ2n) is 4.73. The van der Waals surface area contributed by atoms with Crippen LogP contribution in [-0.2, 0) is 4.74 Å². The number of nitrogens with one attached hydrogen (secondary N) is 1. The van der Waals surface area contributed by atoms with Crippen molar-refractivity contribution in [3.63, 3.8) is 0 Å². The molecular formula is C15H21NO3. The summed E-state index contributed by atoms with van der Waals surface area (Å²) in [6, 6.07) is 7.28. The summed E-state index contributed by atoms with van der Waals surface area (Å²) in [5, 5.41) is 2.85. The Morgan fingerprint density at radius 1 is 1.53 bits per heavy atom. The van der Waals surface area contributed by atoms with Gasteiger partial charge in [-0.2, -0.15) is 0 Å². The van der Waals surface area contributed by atoms with Crippen LogP contribution in [0.15, 0.2) is 24.3 Å². The lowest BCUT2D eigenvalue weighted by atomic mass is 10.2. The van der Waals surface area contributed by atoms with E-state index in [0.717, 1.165) is 31.6 Å². The van der Waals surface area contributed by atoms with Crippen LogP contribution in [0.25, 0.3) is 0 Å². The average Bonchev–Trinajstić information content (AvgIpc) is 2.96. The highest BCUT2D eigenvalue weighted by Gasteiger charge is 2.16. The molecule has 1 fully saturated rings. The second kappa shape index (κ2) is 7.14. The molecule has 104 valence electrons. The van der Waals surface area contributed by atoms with Gasteiger partial charge in [0.15, 0.2) is 0 Å². The molecule has 0 aliphatic carbocycles. The molecule has 1 heterocycles. The molecule has 0 radical (unpaired) electrons. The summed E-state index contributed by atoms with van der Waals surface area (Å²) in [6.45, 7) is 4.11. The molecule has 19 heavy (non-hydrogen) atoms. The molecule has 0 spiro atoms. The van der Waals surface area contributed by atoms with E-state index in [9.17, 15) is 4.79 Å². The van der Waals surface area contributed by atoms with Crippen LogP contribution in [0.3, 0.4) is 0 Å². The number of ether oxygens (including phenoxy) is 2. The van der Waals surface area contributed by atoms with E-state index in [0.29, 0.717) is 18.7 Å². The normalized spacial score (nSPS) is 18.3. The summed E-state index contributed by atoms with van der Waals surface area (Å²) in [5.74, 6) is 0.670. The largest absolute Gasteiger partial charge is 0.491 e. The Bertz CT molecular complexity index is 414. The van der Waals surface area contributed by atoms with Crippen molar-refractivity contribution >= 4 is 5.91 Å². The SMILES string of the molecule is CCCNC(=O)c1cccc(OCC2CCCO2)c1. The minimum Gasteiger partial charge on any atom is -0.491 e. The second-order valence-corrected chi connectivity index (χ2v) is 4.73. The van der Waals surface area contributed by atoms with Crippen LogP contribution in [0.2, 0.25) is 0 Å². The predicted octanol–water partition coefficient (Wildman–Crippen LogP) is 2.38. The average molecular weight is 263 g/mol. The van der Waals surface area contributed by atoms with Crippen LogP contribution in [0.4, 0.5) is 0 Å². The monoisotopic (exact) mass is 263 g/mol. The Balaban J connectivity index is 1.88. The van der Waals surface area contributed by atoms with Crippen LogP contribution in [-0.4, -0.2) is 31.8 Å². The first-order chi connectivity index (χ1) is 9.29. The van der Waals surface area contributed by atoms with Crippen molar-refractivity contribution in [2.45, 2.75) is 32.3 Å². The molecule has 1 amide bonds. The Labute approximate surface area is 114 Å². The quantitative estimate of drug-likeness (QED) is 0.857. The molecule has 4 heteroatoms. The van der Waals surface area contributed by atoms with E-state index in [-0.39, 0.29) is 12.0 Å². The number of carbonyl (C=O) groups excluding carboxylic acids is 1. The summed E-state index contributed by atoms with van der Waals surface area (Å²) >= 11 is 0. The van der Waals surface area contributed by atoms with Gasteiger partial charge in [0.1, 0.15) is 12.4 Å². The molecule has 1 atom stereocenters. The summed E-state index contributed by atoms with van der Waals surface area (Å²) in [4.78, 5) is 11.8. The minimum atomic E-state index is -0.0515. The Morgan fingerprint density at radius 3 is 3.16 bits per heavy atom. The van der Waals surface area contributed by atoms with Crippen LogP contribution < -0.4 is 10.1 Å². The van der Waals surface area contributed by atoms with Gasteiger partial charge < -0.3 is 14.8 Å². The molecule has 2 rings (SSSR count). The summed E-state index contributed by atoms with van der Waals surface area (Å²) < 4.78 is 11.2. The number of carbonyl (C=O) groups is 1. The van der Waals surface area contributed by atoms with Gasteiger partial charge in [0.2, 0.25) is 0 Å². The maximum Gasteiger partial charge on any atom is 0.251 e. The van der Waals surface area contributed by atoms with Crippen molar-refractivity contribution < 1.29 is 14.3 Å². The molecule has 1 unspecified atom stereocenters. The fourth-order valence-corrected chi connectivity index (χ4v) is 2.03. The summed E-state index contributed by atoms with van der Waals surface area (Å²) in [7, 11) is 0. The van der Waals surface area contributed by atoms with Crippen LogP contribution >= 0.6 is 0 Å². The summed E-state index contributed by atoms with van der Waals surface area (Å²) in [5.41, 5.74) is 0.637. The Hall–Kier alpha value is -1.55. The van der Waals surface area contributed by atoms with Gasteiger partial charge in [-0.15, -0.1) is 0 Å². The lowest BCUT2D eigenvalue weighted by Crippen LogP contribution is -2.24. The molecule has 1 aromatic rings. The van der Waals surface area contributed by atoms with Crippen molar-refractivity contribution in [2.75, 3.05) is 19.8 Å².